The molecule has 0 amide bonds. The first-order chi connectivity index (χ1) is 11.2. The molecular formula is C25H44. The molecule has 0 aliphatic carbocycles. The van der Waals surface area contributed by atoms with Crippen LogP contribution in [0.15, 0.2) is 30.3 Å². The topological polar surface area (TPSA) is 0 Å². The van der Waals surface area contributed by atoms with E-state index in [-0.39, 0.29) is 10.8 Å². The zero-order valence-electron chi connectivity index (χ0n) is 18.9. The summed E-state index contributed by atoms with van der Waals surface area (Å²) in [5.74, 6) is 2.68. The number of hydrogen-bond donors (Lipinski definition) is 0. The summed E-state index contributed by atoms with van der Waals surface area (Å²) in [4.78, 5) is 0. The molecule has 0 aliphatic rings. The minimum atomic E-state index is 0.212. The van der Waals surface area contributed by atoms with E-state index in [2.05, 4.69) is 106 Å². The Morgan fingerprint density at radius 1 is 0.720 bits per heavy atom. The number of rotatable bonds is 7. The Balaban J connectivity index is 3.34. The van der Waals surface area contributed by atoms with E-state index in [0.29, 0.717) is 17.3 Å². The van der Waals surface area contributed by atoms with E-state index in [1.54, 1.807) is 0 Å². The highest BCUT2D eigenvalue weighted by Gasteiger charge is 2.48. The van der Waals surface area contributed by atoms with Crippen LogP contribution < -0.4 is 0 Å². The molecule has 3 atom stereocenters. The highest BCUT2D eigenvalue weighted by molar-refractivity contribution is 5.23. The van der Waals surface area contributed by atoms with Crippen LogP contribution in [0.25, 0.3) is 0 Å². The molecule has 1 rings (SSSR count). The Hall–Kier alpha value is -0.780. The van der Waals surface area contributed by atoms with Crippen molar-refractivity contribution in [2.45, 2.75) is 88.5 Å². The molecule has 0 aliphatic heterocycles. The fourth-order valence-corrected chi connectivity index (χ4v) is 4.36. The van der Waals surface area contributed by atoms with E-state index in [9.17, 15) is 0 Å². The largest absolute Gasteiger partial charge is 0.0625 e. The van der Waals surface area contributed by atoms with E-state index in [1.165, 1.54) is 12.0 Å². The molecule has 0 saturated carbocycles. The average Bonchev–Trinajstić information content (AvgIpc) is 2.50. The van der Waals surface area contributed by atoms with Crippen molar-refractivity contribution in [2.24, 2.45) is 34.0 Å². The Kier molecular flexibility index (Phi) is 6.99. The van der Waals surface area contributed by atoms with E-state index in [4.69, 9.17) is 0 Å². The maximum atomic E-state index is 2.51. The highest BCUT2D eigenvalue weighted by atomic mass is 14.5. The maximum absolute atomic E-state index is 2.51. The van der Waals surface area contributed by atoms with Crippen molar-refractivity contribution in [3.63, 3.8) is 0 Å². The summed E-state index contributed by atoms with van der Waals surface area (Å²) in [5, 5.41) is 0. The monoisotopic (exact) mass is 344 g/mol. The first-order valence-electron chi connectivity index (χ1n) is 10.3. The summed E-state index contributed by atoms with van der Waals surface area (Å²) in [6.45, 7) is 26.8. The summed E-state index contributed by atoms with van der Waals surface area (Å²) in [6.07, 6.45) is 1.22. The van der Waals surface area contributed by atoms with Gasteiger partial charge < -0.3 is 0 Å². The number of hydrogen-bond acceptors (Lipinski definition) is 0. The lowest BCUT2D eigenvalue weighted by Crippen LogP contribution is -2.45. The molecule has 144 valence electrons. The van der Waals surface area contributed by atoms with Crippen LogP contribution in [0.1, 0.15) is 94.1 Å². The van der Waals surface area contributed by atoms with Gasteiger partial charge in [-0.15, -0.1) is 0 Å². The van der Waals surface area contributed by atoms with Crippen LogP contribution in [0.4, 0.5) is 0 Å². The minimum Gasteiger partial charge on any atom is -0.0625 e. The van der Waals surface area contributed by atoms with Crippen molar-refractivity contribution in [3.8, 4) is 0 Å². The van der Waals surface area contributed by atoms with Crippen molar-refractivity contribution in [2.75, 3.05) is 0 Å². The zero-order chi connectivity index (χ0) is 19.6. The maximum Gasteiger partial charge on any atom is -0.0100 e. The van der Waals surface area contributed by atoms with E-state index in [1.807, 2.05) is 0 Å². The predicted molar refractivity (Wildman–Crippen MR) is 114 cm³/mol. The molecule has 1 aromatic carbocycles. The third-order valence-corrected chi connectivity index (χ3v) is 7.53. The van der Waals surface area contributed by atoms with Crippen LogP contribution >= 0.6 is 0 Å². The van der Waals surface area contributed by atoms with Gasteiger partial charge in [0.1, 0.15) is 0 Å². The Morgan fingerprint density at radius 3 is 1.60 bits per heavy atom. The van der Waals surface area contributed by atoms with Gasteiger partial charge in [-0.3, -0.25) is 0 Å². The third kappa shape index (κ3) is 5.11. The van der Waals surface area contributed by atoms with Gasteiger partial charge in [-0.05, 0) is 51.9 Å². The average molecular weight is 345 g/mol. The highest BCUT2D eigenvalue weighted by Crippen LogP contribution is 2.57. The number of benzene rings is 1. The van der Waals surface area contributed by atoms with Crippen LogP contribution in [-0.4, -0.2) is 0 Å². The Labute approximate surface area is 158 Å². The van der Waals surface area contributed by atoms with Crippen LogP contribution in [0.3, 0.4) is 0 Å². The second-order valence-electron chi connectivity index (χ2n) is 11.1. The van der Waals surface area contributed by atoms with Crippen molar-refractivity contribution in [1.82, 2.24) is 0 Å². The smallest absolute Gasteiger partial charge is 0.0100 e. The van der Waals surface area contributed by atoms with Crippen LogP contribution in [0, 0.1) is 34.0 Å². The lowest BCUT2D eigenvalue weighted by atomic mass is 9.51. The van der Waals surface area contributed by atoms with Gasteiger partial charge in [0.25, 0.3) is 0 Å². The summed E-state index contributed by atoms with van der Waals surface area (Å²) >= 11 is 0. The van der Waals surface area contributed by atoms with Crippen LogP contribution in [-0.2, 0) is 0 Å². The van der Waals surface area contributed by atoms with Crippen molar-refractivity contribution in [1.29, 1.82) is 0 Å². The zero-order valence-corrected chi connectivity index (χ0v) is 18.9. The van der Waals surface area contributed by atoms with Crippen LogP contribution in [0.2, 0.25) is 0 Å². The third-order valence-electron chi connectivity index (χ3n) is 7.53. The fraction of sp³-hybridized carbons (Fsp3) is 0.760. The molecule has 25 heavy (non-hydrogen) atoms. The first-order valence-corrected chi connectivity index (χ1v) is 10.3. The normalized spacial score (nSPS) is 17.4. The van der Waals surface area contributed by atoms with Gasteiger partial charge in [-0.2, -0.15) is 0 Å². The molecule has 0 fully saturated rings. The van der Waals surface area contributed by atoms with Crippen LogP contribution in [0.5, 0.6) is 0 Å². The Bertz CT molecular complexity index is 513. The van der Waals surface area contributed by atoms with Gasteiger partial charge in [0, 0.05) is 0 Å². The minimum absolute atomic E-state index is 0.212. The summed E-state index contributed by atoms with van der Waals surface area (Å²) in [7, 11) is 0. The second kappa shape index (κ2) is 7.85. The standard InChI is InChI=1S/C25H44/c1-18(2)19(3)20(4)24(8,9)25(10,11)22(17-23(5,6)7)21-15-13-12-14-16-21/h12-16,18-20,22H,17H2,1-11H3. The molecule has 0 bridgehead atoms. The molecule has 0 heterocycles. The Morgan fingerprint density at radius 2 is 1.20 bits per heavy atom. The molecule has 0 nitrogen and oxygen atoms in total. The molecular weight excluding hydrogens is 300 g/mol. The quantitative estimate of drug-likeness (QED) is 0.467. The fourth-order valence-electron chi connectivity index (χ4n) is 4.36. The van der Waals surface area contributed by atoms with Crippen molar-refractivity contribution in [3.05, 3.63) is 35.9 Å². The molecule has 0 radical (unpaired) electrons. The van der Waals surface area contributed by atoms with Crippen molar-refractivity contribution < 1.29 is 0 Å². The molecule has 0 N–H and O–H groups in total. The van der Waals surface area contributed by atoms with Crippen molar-refractivity contribution >= 4 is 0 Å². The second-order valence-corrected chi connectivity index (χ2v) is 11.1. The van der Waals surface area contributed by atoms with E-state index < -0.39 is 0 Å². The predicted octanol–water partition coefficient (Wildman–Crippen LogP) is 8.19. The summed E-state index contributed by atoms with van der Waals surface area (Å²) < 4.78 is 0. The molecule has 0 spiro atoms. The SMILES string of the molecule is CC(C)C(C)C(C)C(C)(C)C(C)(C)C(CC(C)(C)C)c1ccccc1. The summed E-state index contributed by atoms with van der Waals surface area (Å²) in [5.41, 5.74) is 2.29. The molecule has 0 heteroatoms. The lowest BCUT2D eigenvalue weighted by Gasteiger charge is -2.54. The lowest BCUT2D eigenvalue weighted by molar-refractivity contribution is -0.0190. The summed E-state index contributed by atoms with van der Waals surface area (Å²) in [6, 6.07) is 11.2. The van der Waals surface area contributed by atoms with E-state index >= 15 is 0 Å². The van der Waals surface area contributed by atoms with Gasteiger partial charge in [-0.1, -0.05) is 106 Å². The van der Waals surface area contributed by atoms with E-state index in [0.717, 1.165) is 11.8 Å². The molecule has 1 aromatic rings. The molecule has 0 aromatic heterocycles. The molecule has 3 unspecified atom stereocenters. The molecule has 0 saturated heterocycles. The first kappa shape index (κ1) is 22.3. The van der Waals surface area contributed by atoms with Gasteiger partial charge in [0.05, 0.1) is 0 Å². The van der Waals surface area contributed by atoms with Gasteiger partial charge in [0.2, 0.25) is 0 Å². The van der Waals surface area contributed by atoms with Gasteiger partial charge >= 0.3 is 0 Å². The van der Waals surface area contributed by atoms with Gasteiger partial charge in [0.15, 0.2) is 0 Å². The van der Waals surface area contributed by atoms with Gasteiger partial charge in [-0.25, -0.2) is 0 Å².